The molecule has 108 valence electrons. The van der Waals surface area contributed by atoms with Gasteiger partial charge in [-0.3, -0.25) is 4.72 Å². The fraction of sp³-hybridized carbons (Fsp3) is 0.273. The average molecular weight is 298 g/mol. The van der Waals surface area contributed by atoms with E-state index in [4.69, 9.17) is 9.47 Å². The van der Waals surface area contributed by atoms with E-state index in [1.54, 1.807) is 13.0 Å². The average Bonchev–Trinajstić information content (AvgIpc) is 2.90. The van der Waals surface area contributed by atoms with E-state index >= 15 is 0 Å². The molecular formula is C11H14N4O4S. The topological polar surface area (TPSA) is 106 Å². The van der Waals surface area contributed by atoms with E-state index in [-0.39, 0.29) is 10.7 Å². The lowest BCUT2D eigenvalue weighted by molar-refractivity contribution is 0.353. The van der Waals surface area contributed by atoms with E-state index in [1.807, 2.05) is 0 Å². The molecule has 0 fully saturated rings. The minimum Gasteiger partial charge on any atom is -0.493 e. The molecule has 0 aliphatic heterocycles. The van der Waals surface area contributed by atoms with Gasteiger partial charge in [-0.2, -0.15) is 10.3 Å². The summed E-state index contributed by atoms with van der Waals surface area (Å²) in [5.74, 6) is 0.906. The number of hydrogen-bond acceptors (Lipinski definition) is 6. The van der Waals surface area contributed by atoms with Crippen LogP contribution >= 0.6 is 0 Å². The van der Waals surface area contributed by atoms with Crippen molar-refractivity contribution in [3.8, 4) is 11.5 Å². The molecular weight excluding hydrogens is 284 g/mol. The molecule has 0 bridgehead atoms. The van der Waals surface area contributed by atoms with E-state index in [0.717, 1.165) is 0 Å². The summed E-state index contributed by atoms with van der Waals surface area (Å²) in [6.45, 7) is 1.67. The quantitative estimate of drug-likeness (QED) is 0.850. The van der Waals surface area contributed by atoms with Crippen molar-refractivity contribution in [2.75, 3.05) is 18.9 Å². The normalized spacial score (nSPS) is 11.2. The lowest BCUT2D eigenvalue weighted by Gasteiger charge is -2.13. The molecule has 9 heteroatoms. The van der Waals surface area contributed by atoms with Crippen LogP contribution in [-0.4, -0.2) is 38.0 Å². The molecule has 1 aromatic carbocycles. The predicted octanol–water partition coefficient (Wildman–Crippen LogP) is 0.931. The molecule has 0 amide bonds. The number of hydrogen-bond donors (Lipinski definition) is 2. The number of nitrogens with zero attached hydrogens (tertiary/aromatic N) is 2. The molecule has 0 saturated carbocycles. The molecule has 1 aromatic heterocycles. The molecule has 0 atom stereocenters. The molecule has 2 aromatic rings. The lowest BCUT2D eigenvalue weighted by atomic mass is 10.2. The Balaban J connectivity index is 2.46. The third-order valence-electron chi connectivity index (χ3n) is 2.62. The van der Waals surface area contributed by atoms with Crippen LogP contribution in [0.15, 0.2) is 23.2 Å². The van der Waals surface area contributed by atoms with Crippen molar-refractivity contribution in [3.63, 3.8) is 0 Å². The van der Waals surface area contributed by atoms with E-state index in [2.05, 4.69) is 20.1 Å². The number of ether oxygens (including phenoxy) is 2. The van der Waals surface area contributed by atoms with Crippen molar-refractivity contribution in [2.45, 2.75) is 11.8 Å². The van der Waals surface area contributed by atoms with Gasteiger partial charge in [0.05, 0.1) is 25.3 Å². The molecule has 2 rings (SSSR count). The monoisotopic (exact) mass is 298 g/mol. The van der Waals surface area contributed by atoms with Gasteiger partial charge in [-0.15, -0.1) is 5.10 Å². The third kappa shape index (κ3) is 2.67. The highest BCUT2D eigenvalue weighted by Gasteiger charge is 2.21. The molecule has 8 nitrogen and oxygen atoms in total. The van der Waals surface area contributed by atoms with Gasteiger partial charge in [0, 0.05) is 6.07 Å². The Morgan fingerprint density at radius 2 is 1.85 bits per heavy atom. The molecule has 0 saturated heterocycles. The van der Waals surface area contributed by atoms with Crippen LogP contribution < -0.4 is 14.2 Å². The van der Waals surface area contributed by atoms with Gasteiger partial charge in [0.2, 0.25) is 0 Å². The zero-order valence-electron chi connectivity index (χ0n) is 11.2. The van der Waals surface area contributed by atoms with Gasteiger partial charge >= 0.3 is 0 Å². The van der Waals surface area contributed by atoms with Crippen molar-refractivity contribution >= 4 is 15.8 Å². The number of aromatic amines is 1. The highest BCUT2D eigenvalue weighted by molar-refractivity contribution is 7.92. The van der Waals surface area contributed by atoms with Gasteiger partial charge in [-0.05, 0) is 18.6 Å². The number of methoxy groups -OCH3 is 2. The van der Waals surface area contributed by atoms with Gasteiger partial charge in [0.15, 0.2) is 17.3 Å². The predicted molar refractivity (Wildman–Crippen MR) is 71.5 cm³/mol. The van der Waals surface area contributed by atoms with Gasteiger partial charge in [0.1, 0.15) is 0 Å². The fourth-order valence-corrected chi connectivity index (χ4v) is 2.92. The molecule has 0 unspecified atom stereocenters. The van der Waals surface area contributed by atoms with E-state index in [1.165, 1.54) is 26.5 Å². The van der Waals surface area contributed by atoms with Gasteiger partial charge in [-0.25, -0.2) is 8.42 Å². The molecule has 2 N–H and O–H groups in total. The molecule has 20 heavy (non-hydrogen) atoms. The first-order valence-corrected chi connectivity index (χ1v) is 7.07. The Morgan fingerprint density at radius 3 is 2.40 bits per heavy atom. The Labute approximate surface area is 116 Å². The standard InChI is InChI=1S/C11H14N4O4S/c1-7-4-8(18-2)9(19-3)5-10(7)20(16,17)14-11-6-12-15-13-11/h4-6H,1-3H3,(H2,12,13,14,15). The highest BCUT2D eigenvalue weighted by Crippen LogP contribution is 2.32. The van der Waals surface area contributed by atoms with Gasteiger partial charge in [-0.1, -0.05) is 0 Å². The van der Waals surface area contributed by atoms with Crippen LogP contribution in [0.2, 0.25) is 0 Å². The first kappa shape index (κ1) is 14.1. The number of sulfonamides is 1. The number of aryl methyl sites for hydroxylation is 1. The van der Waals surface area contributed by atoms with Crippen molar-refractivity contribution in [1.29, 1.82) is 0 Å². The van der Waals surface area contributed by atoms with Crippen LogP contribution in [0.1, 0.15) is 5.56 Å². The number of benzene rings is 1. The third-order valence-corrected chi connectivity index (χ3v) is 4.12. The SMILES string of the molecule is COc1cc(C)c(S(=O)(=O)Nc2cn[nH]n2)cc1OC. The summed E-state index contributed by atoms with van der Waals surface area (Å²) in [6, 6.07) is 2.99. The van der Waals surface area contributed by atoms with Crippen molar-refractivity contribution in [2.24, 2.45) is 0 Å². The largest absolute Gasteiger partial charge is 0.493 e. The zero-order valence-corrected chi connectivity index (χ0v) is 12.0. The number of aromatic nitrogens is 3. The van der Waals surface area contributed by atoms with E-state index < -0.39 is 10.0 Å². The maximum Gasteiger partial charge on any atom is 0.263 e. The minimum absolute atomic E-state index is 0.0816. The van der Waals surface area contributed by atoms with E-state index in [0.29, 0.717) is 17.1 Å². The molecule has 0 aliphatic rings. The summed E-state index contributed by atoms with van der Waals surface area (Å²) < 4.78 is 37.1. The van der Waals surface area contributed by atoms with Crippen LogP contribution in [0.5, 0.6) is 11.5 Å². The summed E-state index contributed by atoms with van der Waals surface area (Å²) in [5.41, 5.74) is 0.527. The summed E-state index contributed by atoms with van der Waals surface area (Å²) in [5, 5.41) is 9.51. The molecule has 0 spiro atoms. The van der Waals surface area contributed by atoms with E-state index in [9.17, 15) is 8.42 Å². The van der Waals surface area contributed by atoms with Crippen molar-refractivity contribution in [1.82, 2.24) is 15.4 Å². The number of anilines is 1. The molecule has 0 aliphatic carbocycles. The summed E-state index contributed by atoms with van der Waals surface area (Å²) >= 11 is 0. The Kier molecular flexibility index (Phi) is 3.79. The Morgan fingerprint density at radius 1 is 1.20 bits per heavy atom. The Bertz CT molecular complexity index is 697. The van der Waals surface area contributed by atoms with Crippen molar-refractivity contribution < 1.29 is 17.9 Å². The minimum atomic E-state index is -3.78. The number of nitrogens with one attached hydrogen (secondary N) is 2. The van der Waals surface area contributed by atoms with Crippen LogP contribution in [0.4, 0.5) is 5.82 Å². The smallest absolute Gasteiger partial charge is 0.263 e. The van der Waals surface area contributed by atoms with Crippen LogP contribution in [0, 0.1) is 6.92 Å². The fourth-order valence-electron chi connectivity index (χ4n) is 1.69. The van der Waals surface area contributed by atoms with Crippen LogP contribution in [0.3, 0.4) is 0 Å². The second kappa shape index (κ2) is 5.37. The van der Waals surface area contributed by atoms with Crippen LogP contribution in [0.25, 0.3) is 0 Å². The second-order valence-electron chi connectivity index (χ2n) is 3.93. The first-order valence-electron chi connectivity index (χ1n) is 5.59. The summed E-state index contributed by atoms with van der Waals surface area (Å²) in [7, 11) is -0.855. The van der Waals surface area contributed by atoms with Crippen molar-refractivity contribution in [3.05, 3.63) is 23.9 Å². The van der Waals surface area contributed by atoms with Crippen LogP contribution in [-0.2, 0) is 10.0 Å². The molecule has 0 radical (unpaired) electrons. The lowest BCUT2D eigenvalue weighted by Crippen LogP contribution is -2.15. The van der Waals surface area contributed by atoms with Gasteiger partial charge < -0.3 is 9.47 Å². The number of rotatable bonds is 5. The van der Waals surface area contributed by atoms with Gasteiger partial charge in [0.25, 0.3) is 10.0 Å². The number of H-pyrrole nitrogens is 1. The molecule has 1 heterocycles. The maximum absolute atomic E-state index is 12.3. The maximum atomic E-state index is 12.3. The highest BCUT2D eigenvalue weighted by atomic mass is 32.2. The summed E-state index contributed by atoms with van der Waals surface area (Å²) in [4.78, 5) is 0.0816. The zero-order chi connectivity index (χ0) is 14.8. The first-order chi connectivity index (χ1) is 9.47. The second-order valence-corrected chi connectivity index (χ2v) is 5.58. The summed E-state index contributed by atoms with van der Waals surface area (Å²) in [6.07, 6.45) is 1.27. The Hall–Kier alpha value is -2.29.